The van der Waals surface area contributed by atoms with Crippen LogP contribution >= 0.6 is 0 Å². The number of hydrogen-bond donors (Lipinski definition) is 1. The Balaban J connectivity index is 2.86. The van der Waals surface area contributed by atoms with Crippen LogP contribution in [0.15, 0.2) is 23.1 Å². The fourth-order valence-electron chi connectivity index (χ4n) is 1.36. The van der Waals surface area contributed by atoms with E-state index in [0.29, 0.717) is 5.39 Å². The molecule has 0 atom stereocenters. The highest BCUT2D eigenvalue weighted by Crippen LogP contribution is 2.10. The Kier molecular flexibility index (Phi) is 1.69. The van der Waals surface area contributed by atoms with Gasteiger partial charge >= 0.3 is 0 Å². The Hall–Kier alpha value is -1.58. The van der Waals surface area contributed by atoms with Crippen molar-refractivity contribution in [1.82, 2.24) is 14.8 Å². The minimum absolute atomic E-state index is 0.0724. The molecular weight excluding hydrogens is 166 g/mol. The Morgan fingerprint density at radius 1 is 1.54 bits per heavy atom. The van der Waals surface area contributed by atoms with Gasteiger partial charge in [-0.05, 0) is 26.0 Å². The lowest BCUT2D eigenvalue weighted by atomic mass is 10.3. The summed E-state index contributed by atoms with van der Waals surface area (Å²) in [7, 11) is 0. The van der Waals surface area contributed by atoms with E-state index in [1.165, 1.54) is 0 Å². The SMILES string of the molecule is CC(C)n1[nH]c(=O)c2cccnc21. The largest absolute Gasteiger partial charge is 0.273 e. The Bertz CT molecular complexity index is 481. The van der Waals surface area contributed by atoms with E-state index in [9.17, 15) is 4.79 Å². The fraction of sp³-hybridized carbons (Fsp3) is 0.333. The summed E-state index contributed by atoms with van der Waals surface area (Å²) in [5.74, 6) is 0. The third kappa shape index (κ3) is 1.14. The molecule has 68 valence electrons. The Morgan fingerprint density at radius 3 is 3.00 bits per heavy atom. The van der Waals surface area contributed by atoms with Crippen molar-refractivity contribution in [1.29, 1.82) is 0 Å². The highest BCUT2D eigenvalue weighted by molar-refractivity contribution is 5.73. The molecule has 1 N–H and O–H groups in total. The van der Waals surface area contributed by atoms with Crippen LogP contribution in [0.5, 0.6) is 0 Å². The number of nitrogens with zero attached hydrogens (tertiary/aromatic N) is 2. The molecule has 0 aliphatic carbocycles. The fourth-order valence-corrected chi connectivity index (χ4v) is 1.36. The van der Waals surface area contributed by atoms with Crippen molar-refractivity contribution in [3.05, 3.63) is 28.7 Å². The number of fused-ring (bicyclic) bond motifs is 1. The van der Waals surface area contributed by atoms with Crippen molar-refractivity contribution in [3.8, 4) is 0 Å². The summed E-state index contributed by atoms with van der Waals surface area (Å²) in [6.07, 6.45) is 1.69. The molecule has 2 aromatic heterocycles. The van der Waals surface area contributed by atoms with Gasteiger partial charge < -0.3 is 0 Å². The molecular formula is C9H11N3O. The van der Waals surface area contributed by atoms with Crippen molar-refractivity contribution >= 4 is 11.0 Å². The molecule has 13 heavy (non-hydrogen) atoms. The number of rotatable bonds is 1. The molecule has 0 bridgehead atoms. The Labute approximate surface area is 75.2 Å². The third-order valence-electron chi connectivity index (χ3n) is 2.00. The lowest BCUT2D eigenvalue weighted by Gasteiger charge is -2.05. The molecule has 2 rings (SSSR count). The predicted octanol–water partition coefficient (Wildman–Crippen LogP) is 1.31. The highest BCUT2D eigenvalue weighted by Gasteiger charge is 2.08. The number of hydrogen-bond acceptors (Lipinski definition) is 2. The normalized spacial score (nSPS) is 11.3. The van der Waals surface area contributed by atoms with Crippen molar-refractivity contribution < 1.29 is 0 Å². The molecule has 4 nitrogen and oxygen atoms in total. The van der Waals surface area contributed by atoms with E-state index in [4.69, 9.17) is 0 Å². The van der Waals surface area contributed by atoms with E-state index >= 15 is 0 Å². The molecule has 0 aliphatic heterocycles. The average Bonchev–Trinajstić information content (AvgIpc) is 2.45. The van der Waals surface area contributed by atoms with Crippen LogP contribution in [0.2, 0.25) is 0 Å². The molecule has 0 aliphatic rings. The first-order chi connectivity index (χ1) is 6.20. The van der Waals surface area contributed by atoms with Crippen LogP contribution in [0, 0.1) is 0 Å². The van der Waals surface area contributed by atoms with E-state index in [-0.39, 0.29) is 11.6 Å². The van der Waals surface area contributed by atoms with Gasteiger partial charge in [-0.3, -0.25) is 14.6 Å². The monoisotopic (exact) mass is 177 g/mol. The second-order valence-electron chi connectivity index (χ2n) is 3.28. The topological polar surface area (TPSA) is 50.7 Å². The van der Waals surface area contributed by atoms with E-state index in [1.807, 2.05) is 13.8 Å². The molecule has 2 heterocycles. The molecule has 4 heteroatoms. The quantitative estimate of drug-likeness (QED) is 0.713. The Morgan fingerprint density at radius 2 is 2.31 bits per heavy atom. The number of pyridine rings is 1. The predicted molar refractivity (Wildman–Crippen MR) is 50.7 cm³/mol. The van der Waals surface area contributed by atoms with Crippen molar-refractivity contribution in [2.24, 2.45) is 0 Å². The van der Waals surface area contributed by atoms with E-state index < -0.39 is 0 Å². The summed E-state index contributed by atoms with van der Waals surface area (Å²) in [6.45, 7) is 4.01. The van der Waals surface area contributed by atoms with Crippen LogP contribution in [0.3, 0.4) is 0 Å². The molecule has 0 spiro atoms. The van der Waals surface area contributed by atoms with Crippen LogP contribution < -0.4 is 5.56 Å². The maximum absolute atomic E-state index is 11.4. The van der Waals surface area contributed by atoms with Gasteiger partial charge in [0.15, 0.2) is 5.65 Å². The molecule has 2 aromatic rings. The zero-order valence-corrected chi connectivity index (χ0v) is 7.61. The summed E-state index contributed by atoms with van der Waals surface area (Å²) in [5, 5.41) is 3.40. The van der Waals surface area contributed by atoms with Gasteiger partial charge in [0.05, 0.1) is 5.39 Å². The number of nitrogens with one attached hydrogen (secondary N) is 1. The first-order valence-corrected chi connectivity index (χ1v) is 4.25. The zero-order chi connectivity index (χ0) is 9.42. The summed E-state index contributed by atoms with van der Waals surface area (Å²) in [6, 6.07) is 3.77. The summed E-state index contributed by atoms with van der Waals surface area (Å²) >= 11 is 0. The standard InChI is InChI=1S/C9H11N3O/c1-6(2)12-8-7(9(13)11-12)4-3-5-10-8/h3-6H,1-2H3,(H,11,13). The first-order valence-electron chi connectivity index (χ1n) is 4.25. The second-order valence-corrected chi connectivity index (χ2v) is 3.28. The van der Waals surface area contributed by atoms with Gasteiger partial charge in [-0.1, -0.05) is 0 Å². The lowest BCUT2D eigenvalue weighted by Crippen LogP contribution is -2.07. The van der Waals surface area contributed by atoms with Gasteiger partial charge in [-0.2, -0.15) is 0 Å². The number of aromatic amines is 1. The molecule has 0 radical (unpaired) electrons. The van der Waals surface area contributed by atoms with E-state index in [2.05, 4.69) is 10.1 Å². The van der Waals surface area contributed by atoms with Gasteiger partial charge in [0.2, 0.25) is 0 Å². The zero-order valence-electron chi connectivity index (χ0n) is 7.61. The van der Waals surface area contributed by atoms with Gasteiger partial charge in [-0.25, -0.2) is 4.98 Å². The maximum atomic E-state index is 11.4. The van der Waals surface area contributed by atoms with Crippen molar-refractivity contribution in [2.45, 2.75) is 19.9 Å². The van der Waals surface area contributed by atoms with Crippen LogP contribution in [0.25, 0.3) is 11.0 Å². The van der Waals surface area contributed by atoms with Crippen LogP contribution in [-0.2, 0) is 0 Å². The van der Waals surface area contributed by atoms with Gasteiger partial charge in [-0.15, -0.1) is 0 Å². The lowest BCUT2D eigenvalue weighted by molar-refractivity contribution is 0.542. The maximum Gasteiger partial charge on any atom is 0.273 e. The molecule has 0 amide bonds. The molecule has 0 saturated heterocycles. The molecule has 0 saturated carbocycles. The summed E-state index contributed by atoms with van der Waals surface area (Å²) < 4.78 is 1.78. The van der Waals surface area contributed by atoms with E-state index in [0.717, 1.165) is 5.65 Å². The van der Waals surface area contributed by atoms with Crippen molar-refractivity contribution in [2.75, 3.05) is 0 Å². The highest BCUT2D eigenvalue weighted by atomic mass is 16.1. The molecule has 0 unspecified atom stereocenters. The average molecular weight is 177 g/mol. The van der Waals surface area contributed by atoms with Crippen molar-refractivity contribution in [3.63, 3.8) is 0 Å². The first kappa shape index (κ1) is 8.04. The number of aromatic nitrogens is 3. The molecule has 0 aromatic carbocycles. The van der Waals surface area contributed by atoms with Gasteiger partial charge in [0.25, 0.3) is 5.56 Å². The van der Waals surface area contributed by atoms with Gasteiger partial charge in [0.1, 0.15) is 0 Å². The minimum atomic E-state index is -0.0724. The number of H-pyrrole nitrogens is 1. The third-order valence-corrected chi connectivity index (χ3v) is 2.00. The second kappa shape index (κ2) is 2.73. The minimum Gasteiger partial charge on any atom is -0.267 e. The smallest absolute Gasteiger partial charge is 0.267 e. The van der Waals surface area contributed by atoms with Crippen LogP contribution in [0.1, 0.15) is 19.9 Å². The van der Waals surface area contributed by atoms with E-state index in [1.54, 1.807) is 23.0 Å². The summed E-state index contributed by atoms with van der Waals surface area (Å²) in [4.78, 5) is 15.5. The van der Waals surface area contributed by atoms with Crippen LogP contribution in [-0.4, -0.2) is 14.8 Å². The van der Waals surface area contributed by atoms with Gasteiger partial charge in [0, 0.05) is 12.2 Å². The molecule has 0 fully saturated rings. The summed E-state index contributed by atoms with van der Waals surface area (Å²) in [5.41, 5.74) is 0.652. The van der Waals surface area contributed by atoms with Crippen LogP contribution in [0.4, 0.5) is 0 Å².